The molecule has 3 rings (SSSR count). The normalized spacial score (nSPS) is 32.4. The highest BCUT2D eigenvalue weighted by Gasteiger charge is 2.28. The number of fused-ring (bicyclic) bond motifs is 1. The maximum atomic E-state index is 2.68. The van der Waals surface area contributed by atoms with Crippen LogP contribution in [0.4, 0.5) is 0 Å². The molecule has 0 N–H and O–H groups in total. The first-order valence-electron chi connectivity index (χ1n) is 6.83. The molecule has 0 bridgehead atoms. The van der Waals surface area contributed by atoms with Gasteiger partial charge in [0.05, 0.1) is 0 Å². The van der Waals surface area contributed by atoms with E-state index in [0.29, 0.717) is 0 Å². The van der Waals surface area contributed by atoms with Crippen LogP contribution in [0.25, 0.3) is 0 Å². The van der Waals surface area contributed by atoms with Gasteiger partial charge in [-0.15, -0.1) is 11.8 Å². The quantitative estimate of drug-likeness (QED) is 0.815. The Morgan fingerprint density at radius 1 is 1.17 bits per heavy atom. The maximum Gasteiger partial charge on any atom is 0.0263 e. The minimum atomic E-state index is 0.768. The number of nitrogens with zero attached hydrogens (tertiary/aromatic N) is 1. The van der Waals surface area contributed by atoms with Gasteiger partial charge in [0.25, 0.3) is 0 Å². The predicted molar refractivity (Wildman–Crippen MR) is 82.7 cm³/mol. The molecule has 3 unspecified atom stereocenters. The molecule has 1 nitrogen and oxygen atoms in total. The average Bonchev–Trinajstić information content (AvgIpc) is 2.69. The van der Waals surface area contributed by atoms with Crippen LogP contribution in [0.2, 0.25) is 0 Å². The van der Waals surface area contributed by atoms with Gasteiger partial charge < -0.3 is 4.90 Å². The van der Waals surface area contributed by atoms with Crippen molar-refractivity contribution in [3.05, 3.63) is 29.8 Å². The molecule has 0 aliphatic carbocycles. The third-order valence-electron chi connectivity index (χ3n) is 3.67. The minimum absolute atomic E-state index is 0.768. The van der Waals surface area contributed by atoms with E-state index in [0.717, 1.165) is 15.7 Å². The van der Waals surface area contributed by atoms with Gasteiger partial charge in [-0.2, -0.15) is 11.8 Å². The molecule has 2 aliphatic rings. The third-order valence-corrected chi connectivity index (χ3v) is 6.20. The Labute approximate surface area is 119 Å². The fraction of sp³-hybridized carbons (Fsp3) is 0.600. The average molecular weight is 279 g/mol. The first-order valence-corrected chi connectivity index (χ1v) is 8.65. The summed E-state index contributed by atoms with van der Waals surface area (Å²) in [5, 5.41) is 2.36. The second-order valence-electron chi connectivity index (χ2n) is 5.53. The van der Waals surface area contributed by atoms with E-state index in [1.165, 1.54) is 31.0 Å². The van der Waals surface area contributed by atoms with Crippen molar-refractivity contribution in [1.29, 1.82) is 0 Å². The van der Waals surface area contributed by atoms with Gasteiger partial charge in [-0.25, -0.2) is 0 Å². The molecule has 3 atom stereocenters. The molecule has 1 saturated heterocycles. The van der Waals surface area contributed by atoms with E-state index < -0.39 is 0 Å². The Kier molecular flexibility index (Phi) is 3.92. The summed E-state index contributed by atoms with van der Waals surface area (Å²) < 4.78 is 0. The molecule has 2 aliphatic heterocycles. The third kappa shape index (κ3) is 2.89. The molecule has 0 saturated carbocycles. The lowest BCUT2D eigenvalue weighted by molar-refractivity contribution is 0.272. The van der Waals surface area contributed by atoms with Gasteiger partial charge in [-0.1, -0.05) is 32.0 Å². The van der Waals surface area contributed by atoms with Crippen LogP contribution >= 0.6 is 23.5 Å². The van der Waals surface area contributed by atoms with Crippen LogP contribution in [0.3, 0.4) is 0 Å². The maximum absolute atomic E-state index is 2.68. The summed E-state index contributed by atoms with van der Waals surface area (Å²) in [5.74, 6) is 0. The molecule has 0 radical (unpaired) electrons. The summed E-state index contributed by atoms with van der Waals surface area (Å²) in [5.41, 5.74) is 1.56. The lowest BCUT2D eigenvalue weighted by atomic mass is 10.1. The van der Waals surface area contributed by atoms with Crippen LogP contribution in [-0.4, -0.2) is 40.3 Å². The number of rotatable bonds is 2. The summed E-state index contributed by atoms with van der Waals surface area (Å²) >= 11 is 4.23. The van der Waals surface area contributed by atoms with Crippen molar-refractivity contribution in [3.63, 3.8) is 0 Å². The van der Waals surface area contributed by atoms with E-state index >= 15 is 0 Å². The zero-order chi connectivity index (χ0) is 12.5. The van der Waals surface area contributed by atoms with E-state index in [2.05, 4.69) is 66.5 Å². The smallest absolute Gasteiger partial charge is 0.0263 e. The second-order valence-corrected chi connectivity index (χ2v) is 8.75. The van der Waals surface area contributed by atoms with Gasteiger partial charge in [0, 0.05) is 40.3 Å². The largest absolute Gasteiger partial charge is 0.300 e. The molecule has 18 heavy (non-hydrogen) atoms. The standard InChI is InChI=1S/C15H21NS2/c1-11-8-16(9-12(2)17-11)10-14-7-13-5-3-4-6-15(13)18-14/h3-6,11-12,14H,7-10H2,1-2H3. The molecule has 3 heteroatoms. The summed E-state index contributed by atoms with van der Waals surface area (Å²) in [4.78, 5) is 4.19. The zero-order valence-electron chi connectivity index (χ0n) is 11.1. The Morgan fingerprint density at radius 2 is 1.89 bits per heavy atom. The van der Waals surface area contributed by atoms with Crippen molar-refractivity contribution in [1.82, 2.24) is 4.90 Å². The first-order chi connectivity index (χ1) is 8.70. The second kappa shape index (κ2) is 5.48. The van der Waals surface area contributed by atoms with Gasteiger partial charge in [-0.05, 0) is 18.1 Å². The first kappa shape index (κ1) is 12.9. The van der Waals surface area contributed by atoms with E-state index in [9.17, 15) is 0 Å². The lowest BCUT2D eigenvalue weighted by Crippen LogP contribution is -2.43. The lowest BCUT2D eigenvalue weighted by Gasteiger charge is -2.35. The van der Waals surface area contributed by atoms with E-state index in [-0.39, 0.29) is 0 Å². The fourth-order valence-corrected chi connectivity index (χ4v) is 5.83. The topological polar surface area (TPSA) is 3.24 Å². The molecule has 2 heterocycles. The van der Waals surface area contributed by atoms with Crippen molar-refractivity contribution < 1.29 is 0 Å². The van der Waals surface area contributed by atoms with Crippen LogP contribution in [0.1, 0.15) is 19.4 Å². The Morgan fingerprint density at radius 3 is 2.61 bits per heavy atom. The molecule has 1 fully saturated rings. The van der Waals surface area contributed by atoms with Crippen molar-refractivity contribution in [2.24, 2.45) is 0 Å². The van der Waals surface area contributed by atoms with E-state index in [1.807, 2.05) is 0 Å². The SMILES string of the molecule is CC1CN(CC2Cc3ccccc3S2)CC(C)S1. The van der Waals surface area contributed by atoms with Crippen molar-refractivity contribution in [2.75, 3.05) is 19.6 Å². The van der Waals surface area contributed by atoms with Crippen LogP contribution < -0.4 is 0 Å². The fourth-order valence-electron chi connectivity index (χ4n) is 3.08. The summed E-state index contributed by atoms with van der Waals surface area (Å²) in [6, 6.07) is 8.90. The van der Waals surface area contributed by atoms with Crippen LogP contribution in [0, 0.1) is 0 Å². The highest BCUT2D eigenvalue weighted by molar-refractivity contribution is 8.00. The van der Waals surface area contributed by atoms with E-state index in [4.69, 9.17) is 0 Å². The molecular formula is C15H21NS2. The Bertz CT molecular complexity index is 386. The summed E-state index contributed by atoms with van der Waals surface area (Å²) in [6.45, 7) is 8.52. The van der Waals surface area contributed by atoms with Crippen molar-refractivity contribution in [2.45, 2.75) is 40.9 Å². The number of benzene rings is 1. The molecular weight excluding hydrogens is 258 g/mol. The minimum Gasteiger partial charge on any atom is -0.300 e. The zero-order valence-corrected chi connectivity index (χ0v) is 12.8. The van der Waals surface area contributed by atoms with Crippen molar-refractivity contribution in [3.8, 4) is 0 Å². The highest BCUT2D eigenvalue weighted by Crippen LogP contribution is 2.37. The predicted octanol–water partition coefficient (Wildman–Crippen LogP) is 3.53. The van der Waals surface area contributed by atoms with Gasteiger partial charge >= 0.3 is 0 Å². The Hall–Kier alpha value is -0.120. The van der Waals surface area contributed by atoms with Gasteiger partial charge in [0.2, 0.25) is 0 Å². The van der Waals surface area contributed by atoms with Gasteiger partial charge in [0.1, 0.15) is 0 Å². The van der Waals surface area contributed by atoms with Crippen LogP contribution in [0.15, 0.2) is 29.2 Å². The number of hydrogen-bond acceptors (Lipinski definition) is 3. The number of thioether (sulfide) groups is 2. The van der Waals surface area contributed by atoms with Crippen molar-refractivity contribution >= 4 is 23.5 Å². The molecule has 1 aromatic rings. The highest BCUT2D eigenvalue weighted by atomic mass is 32.2. The van der Waals surface area contributed by atoms with Crippen LogP contribution in [-0.2, 0) is 6.42 Å². The molecule has 98 valence electrons. The number of hydrogen-bond donors (Lipinski definition) is 0. The van der Waals surface area contributed by atoms with Crippen LogP contribution in [0.5, 0.6) is 0 Å². The van der Waals surface area contributed by atoms with Gasteiger partial charge in [0.15, 0.2) is 0 Å². The van der Waals surface area contributed by atoms with E-state index in [1.54, 1.807) is 5.56 Å². The monoisotopic (exact) mass is 279 g/mol. The Balaban J connectivity index is 1.59. The summed E-state index contributed by atoms with van der Waals surface area (Å²) in [6.07, 6.45) is 1.26. The van der Waals surface area contributed by atoms with Gasteiger partial charge in [-0.3, -0.25) is 0 Å². The molecule has 0 amide bonds. The molecule has 0 spiro atoms. The summed E-state index contributed by atoms with van der Waals surface area (Å²) in [7, 11) is 0. The molecule has 1 aromatic carbocycles. The molecule has 0 aromatic heterocycles.